The molecule has 0 aliphatic carbocycles. The predicted molar refractivity (Wildman–Crippen MR) is 143 cm³/mol. The van der Waals surface area contributed by atoms with E-state index in [0.717, 1.165) is 0 Å². The molecule has 2 aromatic carbocycles. The van der Waals surface area contributed by atoms with Crippen molar-refractivity contribution in [1.82, 2.24) is 4.90 Å². The lowest BCUT2D eigenvalue weighted by atomic mass is 10.1. The second-order valence-electron chi connectivity index (χ2n) is 11.2. The number of piperidine rings is 1. The van der Waals surface area contributed by atoms with Gasteiger partial charge < -0.3 is 19.1 Å². The first-order valence-corrected chi connectivity index (χ1v) is 12.7. The minimum Gasteiger partial charge on any atom is -0.490 e. The van der Waals surface area contributed by atoms with E-state index >= 15 is 0 Å². The minimum atomic E-state index is -0.741. The Morgan fingerprint density at radius 1 is 0.947 bits per heavy atom. The molecule has 3 rings (SSSR count). The molecule has 1 aliphatic heterocycles. The fourth-order valence-corrected chi connectivity index (χ4v) is 3.95. The Morgan fingerprint density at radius 3 is 2.08 bits per heavy atom. The molecular weight excluding hydrogens is 490 g/mol. The molecule has 0 atom stereocenters. The normalized spacial score (nSPS) is 14.5. The van der Waals surface area contributed by atoms with Gasteiger partial charge in [0, 0.05) is 43.2 Å². The van der Waals surface area contributed by atoms with Gasteiger partial charge in [-0.05, 0) is 65.8 Å². The van der Waals surface area contributed by atoms with Gasteiger partial charge in [0.25, 0.3) is 5.69 Å². The van der Waals surface area contributed by atoms with Crippen molar-refractivity contribution in [3.8, 4) is 5.75 Å². The molecule has 0 N–H and O–H groups in total. The first-order chi connectivity index (χ1) is 17.7. The van der Waals surface area contributed by atoms with Crippen molar-refractivity contribution in [3.05, 3.63) is 64.2 Å². The third-order valence-corrected chi connectivity index (χ3v) is 5.68. The van der Waals surface area contributed by atoms with E-state index < -0.39 is 22.2 Å². The van der Waals surface area contributed by atoms with Crippen LogP contribution in [0.2, 0.25) is 0 Å². The fourth-order valence-electron chi connectivity index (χ4n) is 3.95. The van der Waals surface area contributed by atoms with Gasteiger partial charge in [-0.15, -0.1) is 0 Å². The number of amides is 2. The molecule has 10 heteroatoms. The Hall–Kier alpha value is -3.82. The summed E-state index contributed by atoms with van der Waals surface area (Å²) < 4.78 is 17.2. The van der Waals surface area contributed by atoms with Crippen LogP contribution >= 0.6 is 0 Å². The van der Waals surface area contributed by atoms with E-state index in [4.69, 9.17) is 14.2 Å². The molecule has 2 amide bonds. The monoisotopic (exact) mass is 527 g/mol. The molecule has 1 aliphatic rings. The maximum absolute atomic E-state index is 13.1. The van der Waals surface area contributed by atoms with Gasteiger partial charge >= 0.3 is 12.2 Å². The number of anilines is 1. The Balaban J connectivity index is 1.70. The maximum Gasteiger partial charge on any atom is 0.415 e. The minimum absolute atomic E-state index is 0.0323. The molecule has 0 saturated carbocycles. The molecular formula is C28H37N3O7. The smallest absolute Gasteiger partial charge is 0.415 e. The SMILES string of the molecule is CC(C)(C)OC(=O)N1CCC(Oc2ccc(N(Cc3ccccc3[N+](=O)[O-])C(=O)OC(C)(C)C)cc2)CC1. The van der Waals surface area contributed by atoms with Crippen molar-refractivity contribution in [2.24, 2.45) is 0 Å². The number of rotatable bonds is 6. The van der Waals surface area contributed by atoms with Crippen LogP contribution in [0.15, 0.2) is 48.5 Å². The van der Waals surface area contributed by atoms with E-state index in [1.807, 2.05) is 20.8 Å². The summed E-state index contributed by atoms with van der Waals surface area (Å²) in [5.74, 6) is 0.624. The van der Waals surface area contributed by atoms with Crippen molar-refractivity contribution >= 4 is 23.6 Å². The quantitative estimate of drug-likeness (QED) is 0.319. The number of nitro benzene ring substituents is 1. The number of carbonyl (C=O) groups is 2. The van der Waals surface area contributed by atoms with Crippen molar-refractivity contribution in [2.45, 2.75) is 78.2 Å². The first-order valence-electron chi connectivity index (χ1n) is 12.7. The zero-order valence-corrected chi connectivity index (χ0v) is 22.9. The number of hydrogen-bond acceptors (Lipinski definition) is 7. The Kier molecular flexibility index (Phi) is 8.85. The number of ether oxygens (including phenoxy) is 3. The van der Waals surface area contributed by atoms with Gasteiger partial charge in [-0.3, -0.25) is 15.0 Å². The van der Waals surface area contributed by atoms with E-state index in [-0.39, 0.29) is 24.4 Å². The van der Waals surface area contributed by atoms with Crippen LogP contribution in [0.1, 0.15) is 59.9 Å². The first kappa shape index (κ1) is 28.7. The summed E-state index contributed by atoms with van der Waals surface area (Å²) in [4.78, 5) is 39.5. The largest absolute Gasteiger partial charge is 0.490 e. The summed E-state index contributed by atoms with van der Waals surface area (Å²) >= 11 is 0. The van der Waals surface area contributed by atoms with Gasteiger partial charge in [-0.25, -0.2) is 9.59 Å². The van der Waals surface area contributed by atoms with E-state index in [0.29, 0.717) is 42.9 Å². The molecule has 0 bridgehead atoms. The fraction of sp³-hybridized carbons (Fsp3) is 0.500. The molecule has 2 aromatic rings. The lowest BCUT2D eigenvalue weighted by molar-refractivity contribution is -0.385. The van der Waals surface area contributed by atoms with Crippen LogP contribution in [0.25, 0.3) is 0 Å². The number of para-hydroxylation sites is 1. The molecule has 0 spiro atoms. The third-order valence-electron chi connectivity index (χ3n) is 5.68. The van der Waals surface area contributed by atoms with Crippen molar-refractivity contribution in [3.63, 3.8) is 0 Å². The van der Waals surface area contributed by atoms with Gasteiger partial charge in [0.1, 0.15) is 23.1 Å². The van der Waals surface area contributed by atoms with Crippen LogP contribution in [0.3, 0.4) is 0 Å². The van der Waals surface area contributed by atoms with Crippen LogP contribution < -0.4 is 9.64 Å². The average molecular weight is 528 g/mol. The van der Waals surface area contributed by atoms with E-state index in [1.54, 1.807) is 68.1 Å². The molecule has 1 fully saturated rings. The molecule has 1 saturated heterocycles. The Labute approximate surface area is 223 Å². The van der Waals surface area contributed by atoms with E-state index in [1.165, 1.54) is 11.0 Å². The van der Waals surface area contributed by atoms with Crippen molar-refractivity contribution in [2.75, 3.05) is 18.0 Å². The van der Waals surface area contributed by atoms with Gasteiger partial charge in [-0.1, -0.05) is 18.2 Å². The number of nitrogens with zero attached hydrogens (tertiary/aromatic N) is 3. The number of likely N-dealkylation sites (tertiary alicyclic amines) is 1. The van der Waals surface area contributed by atoms with Crippen LogP contribution in [-0.2, 0) is 16.0 Å². The van der Waals surface area contributed by atoms with Gasteiger partial charge in [0.05, 0.1) is 11.5 Å². The van der Waals surface area contributed by atoms with Crippen LogP contribution in [0, 0.1) is 10.1 Å². The van der Waals surface area contributed by atoms with Gasteiger partial charge in [-0.2, -0.15) is 0 Å². The summed E-state index contributed by atoms with van der Waals surface area (Å²) in [6.45, 7) is 11.9. The molecule has 0 aromatic heterocycles. The van der Waals surface area contributed by atoms with E-state index in [2.05, 4.69) is 0 Å². The van der Waals surface area contributed by atoms with Gasteiger partial charge in [0.2, 0.25) is 0 Å². The topological polar surface area (TPSA) is 111 Å². The summed E-state index contributed by atoms with van der Waals surface area (Å²) in [6.07, 6.45) is 0.347. The highest BCUT2D eigenvalue weighted by atomic mass is 16.6. The number of carbonyl (C=O) groups excluding carboxylic acids is 2. The van der Waals surface area contributed by atoms with E-state index in [9.17, 15) is 19.7 Å². The second kappa shape index (κ2) is 11.7. The average Bonchev–Trinajstić information content (AvgIpc) is 2.81. The maximum atomic E-state index is 13.1. The number of hydrogen-bond donors (Lipinski definition) is 0. The molecule has 1 heterocycles. The molecule has 0 unspecified atom stereocenters. The molecule has 10 nitrogen and oxygen atoms in total. The zero-order valence-electron chi connectivity index (χ0n) is 22.9. The Morgan fingerprint density at radius 2 is 1.53 bits per heavy atom. The molecule has 206 valence electrons. The standard InChI is InChI=1S/C28H37N3O7/c1-27(2,3)37-25(32)29-17-15-23(16-18-29)36-22-13-11-21(12-14-22)30(26(33)38-28(4,5)6)19-20-9-7-8-10-24(20)31(34)35/h7-14,23H,15-19H2,1-6H3. The summed E-state index contributed by atoms with van der Waals surface area (Å²) in [5.41, 5.74) is -0.441. The third kappa shape index (κ3) is 8.36. The summed E-state index contributed by atoms with van der Waals surface area (Å²) in [5, 5.41) is 11.5. The number of benzene rings is 2. The van der Waals surface area contributed by atoms with Crippen molar-refractivity contribution < 1.29 is 28.7 Å². The van der Waals surface area contributed by atoms with Crippen LogP contribution in [0.5, 0.6) is 5.75 Å². The zero-order chi connectivity index (χ0) is 28.1. The molecule has 38 heavy (non-hydrogen) atoms. The summed E-state index contributed by atoms with van der Waals surface area (Å²) in [6, 6.07) is 13.3. The number of nitro groups is 1. The summed E-state index contributed by atoms with van der Waals surface area (Å²) in [7, 11) is 0. The highest BCUT2D eigenvalue weighted by molar-refractivity contribution is 5.88. The predicted octanol–water partition coefficient (Wildman–Crippen LogP) is 6.31. The lowest BCUT2D eigenvalue weighted by Gasteiger charge is -2.33. The lowest BCUT2D eigenvalue weighted by Crippen LogP contribution is -2.44. The van der Waals surface area contributed by atoms with Gasteiger partial charge in [0.15, 0.2) is 0 Å². The second-order valence-corrected chi connectivity index (χ2v) is 11.2. The highest BCUT2D eigenvalue weighted by Crippen LogP contribution is 2.28. The Bertz CT molecular complexity index is 1130. The highest BCUT2D eigenvalue weighted by Gasteiger charge is 2.29. The van der Waals surface area contributed by atoms with Crippen molar-refractivity contribution in [1.29, 1.82) is 0 Å². The molecule has 0 radical (unpaired) electrons. The van der Waals surface area contributed by atoms with Crippen LogP contribution in [0.4, 0.5) is 21.0 Å². The van der Waals surface area contributed by atoms with Crippen LogP contribution in [-0.4, -0.2) is 52.4 Å².